The molecule has 0 bridgehead atoms. The second-order valence-corrected chi connectivity index (χ2v) is 6.00. The first-order valence-corrected chi connectivity index (χ1v) is 7.52. The number of nitrogens with two attached hydrogens (primary N) is 1. The molecule has 0 radical (unpaired) electrons. The van der Waals surface area contributed by atoms with Crippen LogP contribution in [0.25, 0.3) is 0 Å². The summed E-state index contributed by atoms with van der Waals surface area (Å²) >= 11 is 0. The van der Waals surface area contributed by atoms with E-state index in [1.54, 1.807) is 9.80 Å². The van der Waals surface area contributed by atoms with Crippen molar-refractivity contribution >= 4 is 17.9 Å². The lowest BCUT2D eigenvalue weighted by atomic mass is 9.93. The minimum Gasteiger partial charge on any atom is -0.481 e. The third kappa shape index (κ3) is 4.09. The molecule has 2 aliphatic heterocycles. The molecular formula is C14H23N3O4. The number of hydrogen-bond acceptors (Lipinski definition) is 3. The lowest BCUT2D eigenvalue weighted by molar-refractivity contribution is -0.137. The highest BCUT2D eigenvalue weighted by Gasteiger charge is 2.33. The van der Waals surface area contributed by atoms with Crippen LogP contribution in [0.5, 0.6) is 0 Å². The van der Waals surface area contributed by atoms with Gasteiger partial charge in [0.05, 0.1) is 5.92 Å². The van der Waals surface area contributed by atoms with Crippen LogP contribution in [0.2, 0.25) is 0 Å². The lowest BCUT2D eigenvalue weighted by Gasteiger charge is -2.35. The Morgan fingerprint density at radius 1 is 1.10 bits per heavy atom. The molecule has 0 aromatic carbocycles. The Kier molecular flexibility index (Phi) is 5.03. The summed E-state index contributed by atoms with van der Waals surface area (Å²) in [7, 11) is 0. The van der Waals surface area contributed by atoms with Crippen molar-refractivity contribution in [3.63, 3.8) is 0 Å². The molecule has 0 spiro atoms. The maximum absolute atomic E-state index is 12.4. The van der Waals surface area contributed by atoms with Crippen LogP contribution >= 0.6 is 0 Å². The Morgan fingerprint density at radius 2 is 1.81 bits per heavy atom. The molecule has 7 nitrogen and oxygen atoms in total. The number of nitrogens with zero attached hydrogens (tertiary/aromatic N) is 2. The summed E-state index contributed by atoms with van der Waals surface area (Å²) in [6, 6.07) is -0.0428. The van der Waals surface area contributed by atoms with Gasteiger partial charge in [-0.05, 0) is 31.6 Å². The minimum atomic E-state index is -0.790. The smallest absolute Gasteiger partial charge is 0.320 e. The number of carboxylic acids is 1. The van der Waals surface area contributed by atoms with Gasteiger partial charge in [0.15, 0.2) is 0 Å². The average molecular weight is 297 g/mol. The van der Waals surface area contributed by atoms with Crippen molar-refractivity contribution < 1.29 is 19.5 Å². The van der Waals surface area contributed by atoms with E-state index in [0.29, 0.717) is 39.0 Å². The standard InChI is InChI=1S/C14H23N3O4/c15-13(20)11-5-7-17(9-11)14(21)16-6-1-2-10(8-16)3-4-12(18)19/h10-11H,1-9H2,(H2,15,20)(H,18,19). The first-order chi connectivity index (χ1) is 9.97. The van der Waals surface area contributed by atoms with E-state index in [1.807, 2.05) is 0 Å². The van der Waals surface area contributed by atoms with E-state index >= 15 is 0 Å². The maximum atomic E-state index is 12.4. The van der Waals surface area contributed by atoms with Crippen molar-refractivity contribution in [2.24, 2.45) is 17.6 Å². The first-order valence-electron chi connectivity index (χ1n) is 7.52. The van der Waals surface area contributed by atoms with Gasteiger partial charge in [0, 0.05) is 32.6 Å². The number of carboxylic acid groups (broad SMARTS) is 1. The lowest BCUT2D eigenvalue weighted by Crippen LogP contribution is -2.47. The summed E-state index contributed by atoms with van der Waals surface area (Å²) in [4.78, 5) is 37.7. The molecular weight excluding hydrogens is 274 g/mol. The predicted molar refractivity (Wildman–Crippen MR) is 75.4 cm³/mol. The third-order valence-electron chi connectivity index (χ3n) is 4.42. The van der Waals surface area contributed by atoms with Crippen molar-refractivity contribution in [3.05, 3.63) is 0 Å². The quantitative estimate of drug-likeness (QED) is 0.788. The molecule has 2 rings (SSSR count). The van der Waals surface area contributed by atoms with Gasteiger partial charge in [-0.3, -0.25) is 9.59 Å². The van der Waals surface area contributed by atoms with Gasteiger partial charge in [-0.1, -0.05) is 0 Å². The van der Waals surface area contributed by atoms with E-state index < -0.39 is 5.97 Å². The molecule has 2 aliphatic rings. The van der Waals surface area contributed by atoms with Crippen molar-refractivity contribution in [2.75, 3.05) is 26.2 Å². The highest BCUT2D eigenvalue weighted by molar-refractivity contribution is 5.80. The number of rotatable bonds is 4. The zero-order valence-corrected chi connectivity index (χ0v) is 12.2. The Balaban J connectivity index is 1.85. The summed E-state index contributed by atoms with van der Waals surface area (Å²) in [5, 5.41) is 8.74. The van der Waals surface area contributed by atoms with Crippen molar-refractivity contribution in [3.8, 4) is 0 Å². The number of carbonyl (C=O) groups is 3. The monoisotopic (exact) mass is 297 g/mol. The molecule has 21 heavy (non-hydrogen) atoms. The molecule has 7 heteroatoms. The van der Waals surface area contributed by atoms with Gasteiger partial charge in [-0.15, -0.1) is 0 Å². The normalized spacial score (nSPS) is 25.9. The molecule has 118 valence electrons. The van der Waals surface area contributed by atoms with Crippen LogP contribution in [0.15, 0.2) is 0 Å². The summed E-state index contributed by atoms with van der Waals surface area (Å²) in [6.45, 7) is 2.30. The number of piperidine rings is 1. The number of amides is 3. The SMILES string of the molecule is NC(=O)C1CCN(C(=O)N2CCCC(CCC(=O)O)C2)C1. The largest absolute Gasteiger partial charge is 0.481 e. The van der Waals surface area contributed by atoms with Gasteiger partial charge in [0.25, 0.3) is 0 Å². The fourth-order valence-corrected chi connectivity index (χ4v) is 3.17. The zero-order valence-electron chi connectivity index (χ0n) is 12.2. The van der Waals surface area contributed by atoms with E-state index in [0.717, 1.165) is 12.8 Å². The first kappa shape index (κ1) is 15.6. The molecule has 0 aromatic heterocycles. The topological polar surface area (TPSA) is 104 Å². The fraction of sp³-hybridized carbons (Fsp3) is 0.786. The van der Waals surface area contributed by atoms with Crippen LogP contribution in [0.3, 0.4) is 0 Å². The van der Waals surface area contributed by atoms with Gasteiger partial charge in [0.2, 0.25) is 5.91 Å². The molecule has 2 atom stereocenters. The Hall–Kier alpha value is -1.79. The number of urea groups is 1. The average Bonchev–Trinajstić information content (AvgIpc) is 2.94. The van der Waals surface area contributed by atoms with Gasteiger partial charge < -0.3 is 20.6 Å². The van der Waals surface area contributed by atoms with Crippen molar-refractivity contribution in [2.45, 2.75) is 32.1 Å². The number of hydrogen-bond donors (Lipinski definition) is 2. The fourth-order valence-electron chi connectivity index (χ4n) is 3.17. The van der Waals surface area contributed by atoms with E-state index in [2.05, 4.69) is 0 Å². The molecule has 2 unspecified atom stereocenters. The molecule has 2 saturated heterocycles. The van der Waals surface area contributed by atoms with Crippen LogP contribution in [-0.4, -0.2) is 59.0 Å². The third-order valence-corrected chi connectivity index (χ3v) is 4.42. The van der Waals surface area contributed by atoms with Crippen LogP contribution < -0.4 is 5.73 Å². The summed E-state index contributed by atoms with van der Waals surface area (Å²) in [5.74, 6) is -1.11. The number of aliphatic carboxylic acids is 1. The second kappa shape index (κ2) is 6.78. The van der Waals surface area contributed by atoms with E-state index in [4.69, 9.17) is 10.8 Å². The Labute approximate surface area is 124 Å². The molecule has 2 fully saturated rings. The number of primary amides is 1. The van der Waals surface area contributed by atoms with Crippen molar-refractivity contribution in [1.29, 1.82) is 0 Å². The van der Waals surface area contributed by atoms with Gasteiger partial charge >= 0.3 is 12.0 Å². The molecule has 0 saturated carbocycles. The van der Waals surface area contributed by atoms with Crippen molar-refractivity contribution in [1.82, 2.24) is 9.80 Å². The van der Waals surface area contributed by atoms with Gasteiger partial charge in [-0.25, -0.2) is 4.79 Å². The summed E-state index contributed by atoms with van der Waals surface area (Å²) < 4.78 is 0. The van der Waals surface area contributed by atoms with Crippen LogP contribution in [0, 0.1) is 11.8 Å². The van der Waals surface area contributed by atoms with Gasteiger partial charge in [0.1, 0.15) is 0 Å². The molecule has 3 amide bonds. The second-order valence-electron chi connectivity index (χ2n) is 6.00. The number of likely N-dealkylation sites (tertiary alicyclic amines) is 2. The van der Waals surface area contributed by atoms with E-state index in [1.165, 1.54) is 0 Å². The van der Waals surface area contributed by atoms with E-state index in [-0.39, 0.29) is 30.2 Å². The number of carbonyl (C=O) groups excluding carboxylic acids is 2. The predicted octanol–water partition coefficient (Wildman–Crippen LogP) is 0.490. The molecule has 0 aliphatic carbocycles. The summed E-state index contributed by atoms with van der Waals surface area (Å²) in [6.07, 6.45) is 3.28. The van der Waals surface area contributed by atoms with Gasteiger partial charge in [-0.2, -0.15) is 0 Å². The Morgan fingerprint density at radius 3 is 2.43 bits per heavy atom. The van der Waals surface area contributed by atoms with Crippen LogP contribution in [0.1, 0.15) is 32.1 Å². The van der Waals surface area contributed by atoms with Crippen LogP contribution in [0.4, 0.5) is 4.79 Å². The highest BCUT2D eigenvalue weighted by atomic mass is 16.4. The maximum Gasteiger partial charge on any atom is 0.320 e. The molecule has 2 heterocycles. The zero-order chi connectivity index (χ0) is 15.4. The highest BCUT2D eigenvalue weighted by Crippen LogP contribution is 2.24. The van der Waals surface area contributed by atoms with Crippen LogP contribution in [-0.2, 0) is 9.59 Å². The Bertz CT molecular complexity index is 426. The molecule has 0 aromatic rings. The van der Waals surface area contributed by atoms with E-state index in [9.17, 15) is 14.4 Å². The summed E-state index contributed by atoms with van der Waals surface area (Å²) in [5.41, 5.74) is 5.28. The molecule has 3 N–H and O–H groups in total. The minimum absolute atomic E-state index is 0.0428.